The summed E-state index contributed by atoms with van der Waals surface area (Å²) in [5, 5.41) is 12.7. The van der Waals surface area contributed by atoms with Crippen LogP contribution in [-0.2, 0) is 4.79 Å². The van der Waals surface area contributed by atoms with Gasteiger partial charge in [-0.2, -0.15) is 0 Å². The molecule has 1 heterocycles. The molecule has 0 aromatic carbocycles. The topological polar surface area (TPSA) is 52.6 Å². The normalized spacial score (nSPS) is 33.1. The Kier molecular flexibility index (Phi) is 4.08. The van der Waals surface area contributed by atoms with E-state index in [2.05, 4.69) is 10.2 Å². The molecule has 108 valence electrons. The van der Waals surface area contributed by atoms with Crippen LogP contribution in [0.1, 0.15) is 44.9 Å². The first kappa shape index (κ1) is 13.4. The Balaban J connectivity index is 1.53. The molecule has 0 amide bonds. The third-order valence-electron chi connectivity index (χ3n) is 5.01. The number of likely N-dealkylation sites (tertiary alicyclic amines) is 1. The summed E-state index contributed by atoms with van der Waals surface area (Å²) in [6.07, 6.45) is 8.12. The Labute approximate surface area is 115 Å². The van der Waals surface area contributed by atoms with Crippen molar-refractivity contribution < 1.29 is 9.90 Å². The maximum Gasteiger partial charge on any atom is 0.303 e. The largest absolute Gasteiger partial charge is 0.481 e. The van der Waals surface area contributed by atoms with Gasteiger partial charge in [-0.15, -0.1) is 0 Å². The smallest absolute Gasteiger partial charge is 0.303 e. The van der Waals surface area contributed by atoms with Crippen molar-refractivity contribution in [3.63, 3.8) is 0 Å². The van der Waals surface area contributed by atoms with Gasteiger partial charge in [0.25, 0.3) is 0 Å². The van der Waals surface area contributed by atoms with E-state index in [4.69, 9.17) is 5.11 Å². The van der Waals surface area contributed by atoms with Gasteiger partial charge in [0.05, 0.1) is 0 Å². The van der Waals surface area contributed by atoms with Crippen LogP contribution in [0.3, 0.4) is 0 Å². The quantitative estimate of drug-likeness (QED) is 0.768. The Morgan fingerprint density at radius 3 is 2.53 bits per heavy atom. The SMILES string of the molecule is O=C(O)CC1CC(NCC2CC2)CN(C2CCC2)C1. The molecule has 3 fully saturated rings. The fourth-order valence-electron chi connectivity index (χ4n) is 3.49. The van der Waals surface area contributed by atoms with Crippen LogP contribution in [0.25, 0.3) is 0 Å². The lowest BCUT2D eigenvalue weighted by Crippen LogP contribution is -2.54. The lowest BCUT2D eigenvalue weighted by atomic mass is 9.85. The summed E-state index contributed by atoms with van der Waals surface area (Å²) in [4.78, 5) is 13.5. The van der Waals surface area contributed by atoms with Crippen molar-refractivity contribution in [2.75, 3.05) is 19.6 Å². The number of nitrogens with one attached hydrogen (secondary N) is 1. The second kappa shape index (κ2) is 5.80. The van der Waals surface area contributed by atoms with Crippen LogP contribution < -0.4 is 5.32 Å². The molecule has 1 aliphatic heterocycles. The summed E-state index contributed by atoms with van der Waals surface area (Å²) < 4.78 is 0. The molecule has 2 N–H and O–H groups in total. The zero-order chi connectivity index (χ0) is 13.2. The highest BCUT2D eigenvalue weighted by atomic mass is 16.4. The van der Waals surface area contributed by atoms with Crippen molar-refractivity contribution in [1.82, 2.24) is 10.2 Å². The Hall–Kier alpha value is -0.610. The Morgan fingerprint density at radius 1 is 1.16 bits per heavy atom. The molecule has 2 atom stereocenters. The van der Waals surface area contributed by atoms with Crippen LogP contribution in [-0.4, -0.2) is 47.7 Å². The van der Waals surface area contributed by atoms with Crippen LogP contribution in [0.5, 0.6) is 0 Å². The average molecular weight is 266 g/mol. The lowest BCUT2D eigenvalue weighted by molar-refractivity contribution is -0.138. The molecule has 0 radical (unpaired) electrons. The molecule has 0 spiro atoms. The number of aliphatic carboxylic acids is 1. The van der Waals surface area contributed by atoms with Crippen LogP contribution in [0.15, 0.2) is 0 Å². The molecule has 0 bridgehead atoms. The molecule has 4 heteroatoms. The summed E-state index contributed by atoms with van der Waals surface area (Å²) >= 11 is 0. The molecule has 0 aromatic rings. The Morgan fingerprint density at radius 2 is 1.95 bits per heavy atom. The molecule has 19 heavy (non-hydrogen) atoms. The number of rotatable bonds is 6. The van der Waals surface area contributed by atoms with Gasteiger partial charge in [-0.1, -0.05) is 6.42 Å². The zero-order valence-electron chi connectivity index (χ0n) is 11.7. The van der Waals surface area contributed by atoms with Crippen molar-refractivity contribution in [2.45, 2.75) is 57.0 Å². The number of nitrogens with zero attached hydrogens (tertiary/aromatic N) is 1. The van der Waals surface area contributed by atoms with E-state index in [9.17, 15) is 4.79 Å². The standard InChI is InChI=1S/C15H26N2O2/c18-15(19)7-12-6-13(16-8-11-4-5-11)10-17(9-12)14-2-1-3-14/h11-14,16H,1-10H2,(H,18,19). The molecular weight excluding hydrogens is 240 g/mol. The molecule has 3 rings (SSSR count). The van der Waals surface area contributed by atoms with E-state index in [0.29, 0.717) is 18.4 Å². The maximum absolute atomic E-state index is 11.0. The zero-order valence-corrected chi connectivity index (χ0v) is 11.7. The van der Waals surface area contributed by atoms with Crippen molar-refractivity contribution in [1.29, 1.82) is 0 Å². The van der Waals surface area contributed by atoms with Crippen molar-refractivity contribution >= 4 is 5.97 Å². The molecule has 0 aromatic heterocycles. The van der Waals surface area contributed by atoms with Gasteiger partial charge in [0, 0.05) is 31.6 Å². The van der Waals surface area contributed by atoms with Crippen molar-refractivity contribution in [2.24, 2.45) is 11.8 Å². The van der Waals surface area contributed by atoms with E-state index < -0.39 is 5.97 Å². The minimum Gasteiger partial charge on any atom is -0.481 e. The van der Waals surface area contributed by atoms with Gasteiger partial charge in [-0.05, 0) is 50.5 Å². The Bertz CT molecular complexity index is 326. The second-order valence-corrected chi connectivity index (χ2v) is 6.79. The molecule has 2 unspecified atom stereocenters. The van der Waals surface area contributed by atoms with E-state index in [0.717, 1.165) is 38.0 Å². The first-order valence-corrected chi connectivity index (χ1v) is 7.90. The van der Waals surface area contributed by atoms with Gasteiger partial charge < -0.3 is 10.4 Å². The maximum atomic E-state index is 11.0. The third kappa shape index (κ3) is 3.69. The molecular formula is C15H26N2O2. The molecule has 2 aliphatic carbocycles. The first-order valence-electron chi connectivity index (χ1n) is 7.90. The van der Waals surface area contributed by atoms with E-state index in [1.165, 1.54) is 32.1 Å². The molecule has 1 saturated heterocycles. The summed E-state index contributed by atoms with van der Waals surface area (Å²) in [6.45, 7) is 3.27. The highest BCUT2D eigenvalue weighted by Crippen LogP contribution is 2.31. The minimum absolute atomic E-state index is 0.337. The predicted molar refractivity (Wildman–Crippen MR) is 74.1 cm³/mol. The summed E-state index contributed by atoms with van der Waals surface area (Å²) in [5.74, 6) is 0.599. The molecule has 4 nitrogen and oxygen atoms in total. The minimum atomic E-state index is -0.638. The van der Waals surface area contributed by atoms with Crippen molar-refractivity contribution in [3.05, 3.63) is 0 Å². The summed E-state index contributed by atoms with van der Waals surface area (Å²) in [5.41, 5.74) is 0. The monoisotopic (exact) mass is 266 g/mol. The first-order chi connectivity index (χ1) is 9.20. The highest BCUT2D eigenvalue weighted by molar-refractivity contribution is 5.67. The predicted octanol–water partition coefficient (Wildman–Crippen LogP) is 1.70. The number of hydrogen-bond acceptors (Lipinski definition) is 3. The fourth-order valence-corrected chi connectivity index (χ4v) is 3.49. The van der Waals surface area contributed by atoms with E-state index >= 15 is 0 Å². The molecule has 2 saturated carbocycles. The van der Waals surface area contributed by atoms with E-state index in [1.54, 1.807) is 0 Å². The number of hydrogen-bond donors (Lipinski definition) is 2. The van der Waals surface area contributed by atoms with Crippen LogP contribution >= 0.6 is 0 Å². The van der Waals surface area contributed by atoms with Gasteiger partial charge in [0.2, 0.25) is 0 Å². The number of piperidine rings is 1. The fraction of sp³-hybridized carbons (Fsp3) is 0.933. The number of carboxylic acids is 1. The van der Waals surface area contributed by atoms with Gasteiger partial charge in [0.1, 0.15) is 0 Å². The van der Waals surface area contributed by atoms with Crippen molar-refractivity contribution in [3.8, 4) is 0 Å². The third-order valence-corrected chi connectivity index (χ3v) is 5.01. The highest BCUT2D eigenvalue weighted by Gasteiger charge is 2.34. The van der Waals surface area contributed by atoms with Crippen LogP contribution in [0, 0.1) is 11.8 Å². The van der Waals surface area contributed by atoms with Gasteiger partial charge >= 0.3 is 5.97 Å². The van der Waals surface area contributed by atoms with Crippen LogP contribution in [0.4, 0.5) is 0 Å². The number of carbonyl (C=O) groups is 1. The lowest BCUT2D eigenvalue weighted by Gasteiger charge is -2.45. The summed E-state index contributed by atoms with van der Waals surface area (Å²) in [6, 6.07) is 1.25. The van der Waals surface area contributed by atoms with E-state index in [-0.39, 0.29) is 0 Å². The van der Waals surface area contributed by atoms with Crippen LogP contribution in [0.2, 0.25) is 0 Å². The van der Waals surface area contributed by atoms with E-state index in [1.807, 2.05) is 0 Å². The summed E-state index contributed by atoms with van der Waals surface area (Å²) in [7, 11) is 0. The average Bonchev–Trinajstić information content (AvgIpc) is 3.06. The molecule has 3 aliphatic rings. The number of carboxylic acid groups (broad SMARTS) is 1. The second-order valence-electron chi connectivity index (χ2n) is 6.79. The van der Waals surface area contributed by atoms with Gasteiger partial charge in [-0.3, -0.25) is 9.69 Å². The van der Waals surface area contributed by atoms with Gasteiger partial charge in [0.15, 0.2) is 0 Å². The van der Waals surface area contributed by atoms with Gasteiger partial charge in [-0.25, -0.2) is 0 Å².